The molecule has 0 spiro atoms. The molecule has 0 saturated carbocycles. The lowest BCUT2D eigenvalue weighted by atomic mass is 10.2. The van der Waals surface area contributed by atoms with Crippen LogP contribution in [0.3, 0.4) is 0 Å². The van der Waals surface area contributed by atoms with E-state index in [0.717, 1.165) is 21.4 Å². The van der Waals surface area contributed by atoms with E-state index in [1.54, 1.807) is 43.3 Å². The van der Waals surface area contributed by atoms with E-state index in [1.165, 1.54) is 6.26 Å². The smallest absolute Gasteiger partial charge is 0.291 e. The maximum atomic E-state index is 12.4. The Balaban J connectivity index is 1.57. The SMILES string of the molecule is Cc1ccc(NC(=O)C(C)Nc2ccc(NC(=O)c3ccco3)cc2)c(Br)c1. The molecule has 144 valence electrons. The molecule has 0 bridgehead atoms. The van der Waals surface area contributed by atoms with E-state index >= 15 is 0 Å². The molecule has 1 unspecified atom stereocenters. The average molecular weight is 442 g/mol. The number of benzene rings is 2. The molecule has 0 aliphatic rings. The Morgan fingerprint density at radius 1 is 1.00 bits per heavy atom. The topological polar surface area (TPSA) is 83.4 Å². The van der Waals surface area contributed by atoms with Crippen molar-refractivity contribution >= 4 is 44.8 Å². The minimum atomic E-state index is -0.447. The zero-order valence-corrected chi connectivity index (χ0v) is 17.0. The Kier molecular flexibility index (Phi) is 6.16. The number of carbonyl (C=O) groups is 2. The summed E-state index contributed by atoms with van der Waals surface area (Å²) in [5.74, 6) is -0.225. The monoisotopic (exact) mass is 441 g/mol. The molecular formula is C21H20BrN3O3. The third kappa shape index (κ3) is 5.01. The summed E-state index contributed by atoms with van der Waals surface area (Å²) >= 11 is 3.46. The van der Waals surface area contributed by atoms with Gasteiger partial charge in [0, 0.05) is 15.8 Å². The highest BCUT2D eigenvalue weighted by molar-refractivity contribution is 9.10. The van der Waals surface area contributed by atoms with E-state index < -0.39 is 6.04 Å². The number of furan rings is 1. The molecule has 3 N–H and O–H groups in total. The van der Waals surface area contributed by atoms with Crippen molar-refractivity contribution in [1.29, 1.82) is 0 Å². The van der Waals surface area contributed by atoms with Gasteiger partial charge in [-0.3, -0.25) is 9.59 Å². The van der Waals surface area contributed by atoms with Crippen LogP contribution in [-0.2, 0) is 4.79 Å². The molecule has 0 aliphatic heterocycles. The van der Waals surface area contributed by atoms with Gasteiger partial charge in [0.1, 0.15) is 6.04 Å². The second-order valence-electron chi connectivity index (χ2n) is 6.35. The minimum Gasteiger partial charge on any atom is -0.459 e. The predicted octanol–water partition coefficient (Wildman–Crippen LogP) is 5.04. The van der Waals surface area contributed by atoms with Gasteiger partial charge in [0.25, 0.3) is 5.91 Å². The molecule has 2 amide bonds. The normalized spacial score (nSPS) is 11.5. The van der Waals surface area contributed by atoms with Crippen LogP contribution in [0.2, 0.25) is 0 Å². The summed E-state index contributed by atoms with van der Waals surface area (Å²) < 4.78 is 5.90. The van der Waals surface area contributed by atoms with Gasteiger partial charge in [0.15, 0.2) is 5.76 Å². The number of hydrogen-bond acceptors (Lipinski definition) is 4. The second-order valence-corrected chi connectivity index (χ2v) is 7.20. The van der Waals surface area contributed by atoms with Crippen molar-refractivity contribution in [2.45, 2.75) is 19.9 Å². The van der Waals surface area contributed by atoms with Gasteiger partial charge in [-0.25, -0.2) is 0 Å². The maximum Gasteiger partial charge on any atom is 0.291 e. The zero-order valence-electron chi connectivity index (χ0n) is 15.5. The molecule has 1 atom stereocenters. The molecule has 28 heavy (non-hydrogen) atoms. The van der Waals surface area contributed by atoms with Crippen LogP contribution in [0.5, 0.6) is 0 Å². The number of rotatable bonds is 6. The fraction of sp³-hybridized carbons (Fsp3) is 0.143. The summed E-state index contributed by atoms with van der Waals surface area (Å²) in [7, 11) is 0. The number of anilines is 3. The number of amides is 2. The van der Waals surface area contributed by atoms with Gasteiger partial charge >= 0.3 is 0 Å². The first-order valence-corrected chi connectivity index (χ1v) is 9.50. The van der Waals surface area contributed by atoms with E-state index in [0.29, 0.717) is 5.69 Å². The Labute approximate surface area is 171 Å². The highest BCUT2D eigenvalue weighted by Crippen LogP contribution is 2.24. The lowest BCUT2D eigenvalue weighted by Crippen LogP contribution is -2.32. The van der Waals surface area contributed by atoms with Gasteiger partial charge in [0.05, 0.1) is 12.0 Å². The lowest BCUT2D eigenvalue weighted by molar-refractivity contribution is -0.116. The van der Waals surface area contributed by atoms with Crippen molar-refractivity contribution in [3.8, 4) is 0 Å². The van der Waals surface area contributed by atoms with Crippen molar-refractivity contribution in [3.05, 3.63) is 76.7 Å². The van der Waals surface area contributed by atoms with Gasteiger partial charge in [-0.1, -0.05) is 6.07 Å². The average Bonchev–Trinajstić information content (AvgIpc) is 3.20. The summed E-state index contributed by atoms with van der Waals surface area (Å²) in [6.45, 7) is 3.77. The van der Waals surface area contributed by atoms with E-state index in [9.17, 15) is 9.59 Å². The summed E-state index contributed by atoms with van der Waals surface area (Å²) in [6.07, 6.45) is 1.45. The number of halogens is 1. The summed E-state index contributed by atoms with van der Waals surface area (Å²) in [4.78, 5) is 24.4. The standard InChI is InChI=1S/C21H20BrN3O3/c1-13-5-10-18(17(22)12-13)25-20(26)14(2)23-15-6-8-16(9-7-15)24-21(27)19-4-3-11-28-19/h3-12,14,23H,1-2H3,(H,24,27)(H,25,26). The van der Waals surface area contributed by atoms with E-state index in [4.69, 9.17) is 4.42 Å². The van der Waals surface area contributed by atoms with Gasteiger partial charge in [-0.05, 0) is 83.9 Å². The molecule has 1 heterocycles. The Morgan fingerprint density at radius 2 is 1.71 bits per heavy atom. The molecule has 1 aromatic heterocycles. The molecule has 6 nitrogen and oxygen atoms in total. The van der Waals surface area contributed by atoms with Crippen LogP contribution in [0.4, 0.5) is 17.1 Å². The summed E-state index contributed by atoms with van der Waals surface area (Å²) in [5, 5.41) is 8.78. The van der Waals surface area contributed by atoms with Gasteiger partial charge in [0.2, 0.25) is 5.91 Å². The van der Waals surface area contributed by atoms with E-state index in [-0.39, 0.29) is 17.6 Å². The number of nitrogens with one attached hydrogen (secondary N) is 3. The third-order valence-corrected chi connectivity index (χ3v) is 4.70. The van der Waals surface area contributed by atoms with Crippen LogP contribution in [0.25, 0.3) is 0 Å². The first-order chi connectivity index (χ1) is 13.4. The Hall–Kier alpha value is -3.06. The van der Waals surface area contributed by atoms with Crippen molar-refractivity contribution < 1.29 is 14.0 Å². The molecule has 3 aromatic rings. The molecule has 3 rings (SSSR count). The fourth-order valence-corrected chi connectivity index (χ4v) is 3.12. The van der Waals surface area contributed by atoms with Crippen LogP contribution in [-0.4, -0.2) is 17.9 Å². The molecule has 0 saturated heterocycles. The van der Waals surface area contributed by atoms with Gasteiger partial charge in [-0.15, -0.1) is 0 Å². The first-order valence-electron chi connectivity index (χ1n) is 8.71. The second kappa shape index (κ2) is 8.75. The van der Waals surface area contributed by atoms with E-state index in [2.05, 4.69) is 31.9 Å². The first kappa shape index (κ1) is 19.7. The summed E-state index contributed by atoms with van der Waals surface area (Å²) in [6, 6.07) is 15.7. The van der Waals surface area contributed by atoms with Crippen LogP contribution in [0.1, 0.15) is 23.0 Å². The predicted molar refractivity (Wildman–Crippen MR) is 114 cm³/mol. The summed E-state index contributed by atoms with van der Waals surface area (Å²) in [5.41, 5.74) is 3.23. The van der Waals surface area contributed by atoms with E-state index in [1.807, 2.05) is 25.1 Å². The largest absolute Gasteiger partial charge is 0.459 e. The van der Waals surface area contributed by atoms with Crippen molar-refractivity contribution in [2.24, 2.45) is 0 Å². The van der Waals surface area contributed by atoms with Gasteiger partial charge in [-0.2, -0.15) is 0 Å². The van der Waals surface area contributed by atoms with Crippen molar-refractivity contribution in [1.82, 2.24) is 0 Å². The Morgan fingerprint density at radius 3 is 2.36 bits per heavy atom. The molecule has 0 aliphatic carbocycles. The van der Waals surface area contributed by atoms with Gasteiger partial charge < -0.3 is 20.4 Å². The maximum absolute atomic E-state index is 12.4. The molecule has 7 heteroatoms. The van der Waals surface area contributed by atoms with Crippen LogP contribution in [0, 0.1) is 6.92 Å². The third-order valence-electron chi connectivity index (χ3n) is 4.05. The lowest BCUT2D eigenvalue weighted by Gasteiger charge is -2.16. The number of hydrogen-bond donors (Lipinski definition) is 3. The highest BCUT2D eigenvalue weighted by atomic mass is 79.9. The van der Waals surface area contributed by atoms with Crippen LogP contribution >= 0.6 is 15.9 Å². The minimum absolute atomic E-state index is 0.153. The van der Waals surface area contributed by atoms with Crippen molar-refractivity contribution in [2.75, 3.05) is 16.0 Å². The van der Waals surface area contributed by atoms with Crippen molar-refractivity contribution in [3.63, 3.8) is 0 Å². The molecule has 0 radical (unpaired) electrons. The molecular weight excluding hydrogens is 422 g/mol. The zero-order chi connectivity index (χ0) is 20.1. The quantitative estimate of drug-likeness (QED) is 0.500. The molecule has 2 aromatic carbocycles. The van der Waals surface area contributed by atoms with Crippen LogP contribution in [0.15, 0.2) is 69.8 Å². The number of carbonyl (C=O) groups excluding carboxylic acids is 2. The fourth-order valence-electron chi connectivity index (χ4n) is 2.53. The highest BCUT2D eigenvalue weighted by Gasteiger charge is 2.14. The van der Waals surface area contributed by atoms with Crippen LogP contribution < -0.4 is 16.0 Å². The molecule has 0 fully saturated rings. The Bertz CT molecular complexity index is 969. The number of aryl methyl sites for hydroxylation is 1.